The third kappa shape index (κ3) is 4.63. The van der Waals surface area contributed by atoms with Gasteiger partial charge in [0.15, 0.2) is 23.2 Å². The van der Waals surface area contributed by atoms with E-state index >= 15 is 0 Å². The molecule has 5 rings (SSSR count). The zero-order chi connectivity index (χ0) is 28.9. The summed E-state index contributed by atoms with van der Waals surface area (Å²) in [5.74, 6) is 0.200. The molecule has 1 aromatic rings. The van der Waals surface area contributed by atoms with E-state index in [1.54, 1.807) is 21.0 Å². The van der Waals surface area contributed by atoms with Gasteiger partial charge in [0.1, 0.15) is 5.76 Å². The van der Waals surface area contributed by atoms with Crippen molar-refractivity contribution in [3.63, 3.8) is 0 Å². The van der Waals surface area contributed by atoms with Crippen LogP contribution in [0.25, 0.3) is 0 Å². The highest BCUT2D eigenvalue weighted by Gasteiger charge is 2.66. The zero-order valence-electron chi connectivity index (χ0n) is 24.1. The second-order valence-corrected chi connectivity index (χ2v) is 12.3. The summed E-state index contributed by atoms with van der Waals surface area (Å²) in [4.78, 5) is 28.6. The van der Waals surface area contributed by atoms with E-state index in [1.807, 2.05) is 12.1 Å². The van der Waals surface area contributed by atoms with Crippen molar-refractivity contribution in [1.82, 2.24) is 4.90 Å². The number of carbonyl (C=O) groups is 2. The van der Waals surface area contributed by atoms with E-state index in [0.29, 0.717) is 30.1 Å². The van der Waals surface area contributed by atoms with Crippen molar-refractivity contribution in [2.75, 3.05) is 34.1 Å². The highest BCUT2D eigenvalue weighted by molar-refractivity contribution is 5.86. The summed E-state index contributed by atoms with van der Waals surface area (Å²) >= 11 is 0. The Labute approximate surface area is 235 Å². The predicted molar refractivity (Wildman–Crippen MR) is 144 cm³/mol. The number of benzene rings is 1. The van der Waals surface area contributed by atoms with E-state index in [2.05, 4.69) is 17.9 Å². The molecule has 0 bridgehead atoms. The van der Waals surface area contributed by atoms with Crippen LogP contribution in [0, 0.1) is 0 Å². The van der Waals surface area contributed by atoms with Gasteiger partial charge in [-0.1, -0.05) is 0 Å². The first-order chi connectivity index (χ1) is 18.9. The van der Waals surface area contributed by atoms with E-state index < -0.39 is 46.6 Å². The molecular weight excluding hydrogens is 518 g/mol. The lowest BCUT2D eigenvalue weighted by Gasteiger charge is -2.48. The SMILES string of the molecule is COC(=O)CC(O)(CCCC(C)(C)O)C(=O)OC1C(OC)=CC23CCCN2CCc2cc4c(cc2C13C)OCO4. The van der Waals surface area contributed by atoms with E-state index in [4.69, 9.17) is 23.7 Å². The predicted octanol–water partition coefficient (Wildman–Crippen LogP) is 2.75. The van der Waals surface area contributed by atoms with Crippen LogP contribution in [0.15, 0.2) is 24.0 Å². The molecule has 4 atom stereocenters. The quantitative estimate of drug-likeness (QED) is 0.437. The summed E-state index contributed by atoms with van der Waals surface area (Å²) in [6.07, 6.45) is 3.82. The number of esters is 2. The van der Waals surface area contributed by atoms with Crippen LogP contribution in [-0.2, 0) is 35.6 Å². The van der Waals surface area contributed by atoms with Gasteiger partial charge in [-0.15, -0.1) is 0 Å². The van der Waals surface area contributed by atoms with Gasteiger partial charge in [0.05, 0.1) is 37.2 Å². The van der Waals surface area contributed by atoms with Gasteiger partial charge in [0.2, 0.25) is 6.79 Å². The van der Waals surface area contributed by atoms with Gasteiger partial charge in [-0.3, -0.25) is 9.69 Å². The van der Waals surface area contributed by atoms with E-state index in [9.17, 15) is 19.8 Å². The lowest BCUT2D eigenvalue weighted by Crippen LogP contribution is -2.59. The van der Waals surface area contributed by atoms with Crippen molar-refractivity contribution in [2.24, 2.45) is 0 Å². The highest BCUT2D eigenvalue weighted by Crippen LogP contribution is 2.59. The first-order valence-electron chi connectivity index (χ1n) is 14.0. The van der Waals surface area contributed by atoms with Crippen molar-refractivity contribution < 1.29 is 43.5 Å². The monoisotopic (exact) mass is 559 g/mol. The molecule has 1 aliphatic carbocycles. The first kappa shape index (κ1) is 28.7. The zero-order valence-corrected chi connectivity index (χ0v) is 24.1. The molecule has 3 aliphatic heterocycles. The number of carbonyl (C=O) groups excluding carboxylic acids is 2. The summed E-state index contributed by atoms with van der Waals surface area (Å²) in [7, 11) is 2.77. The summed E-state index contributed by atoms with van der Waals surface area (Å²) in [5, 5.41) is 21.8. The van der Waals surface area contributed by atoms with Crippen LogP contribution >= 0.6 is 0 Å². The Morgan fingerprint density at radius 2 is 1.85 bits per heavy atom. The van der Waals surface area contributed by atoms with E-state index in [-0.39, 0.29) is 13.2 Å². The molecule has 220 valence electrons. The Morgan fingerprint density at radius 1 is 1.12 bits per heavy atom. The van der Waals surface area contributed by atoms with Crippen molar-refractivity contribution in [2.45, 2.75) is 94.0 Å². The summed E-state index contributed by atoms with van der Waals surface area (Å²) in [5.41, 5.74) is -2.32. The third-order valence-electron chi connectivity index (χ3n) is 9.31. The van der Waals surface area contributed by atoms with Crippen molar-refractivity contribution in [3.8, 4) is 11.5 Å². The minimum Gasteiger partial charge on any atom is -0.497 e. The molecule has 10 heteroatoms. The topological polar surface area (TPSA) is 124 Å². The smallest absolute Gasteiger partial charge is 0.339 e. The fourth-order valence-electron chi connectivity index (χ4n) is 7.18. The Kier molecular flexibility index (Phi) is 7.34. The first-order valence-corrected chi connectivity index (χ1v) is 14.0. The molecule has 1 fully saturated rings. The molecule has 0 saturated carbocycles. The standard InChI is InChI=1S/C30H41NO9/c1-27(2,34)9-6-10-29(35,17-24(32)37-5)26(33)40-25-23(36-4)16-30-11-7-12-31(30)13-8-19-14-21-22(39-18-38-21)15-20(19)28(25,30)3/h14-16,25,34-35H,6-13,17-18H2,1-5H3. The van der Waals surface area contributed by atoms with Crippen LogP contribution in [0.1, 0.15) is 70.4 Å². The van der Waals surface area contributed by atoms with Crippen LogP contribution in [0.2, 0.25) is 0 Å². The maximum absolute atomic E-state index is 13.9. The fourth-order valence-corrected chi connectivity index (χ4v) is 7.18. The fraction of sp³-hybridized carbons (Fsp3) is 0.667. The number of ether oxygens (including phenoxy) is 5. The normalized spacial score (nSPS) is 28.5. The largest absolute Gasteiger partial charge is 0.497 e. The lowest BCUT2D eigenvalue weighted by atomic mass is 9.65. The number of fused-ring (bicyclic) bond motifs is 3. The average molecular weight is 560 g/mol. The van der Waals surface area contributed by atoms with Gasteiger partial charge in [0, 0.05) is 6.54 Å². The molecule has 3 heterocycles. The number of rotatable bonds is 9. The van der Waals surface area contributed by atoms with Crippen molar-refractivity contribution in [3.05, 3.63) is 35.1 Å². The number of nitrogens with zero attached hydrogens (tertiary/aromatic N) is 1. The summed E-state index contributed by atoms with van der Waals surface area (Å²) in [6, 6.07) is 4.02. The molecule has 40 heavy (non-hydrogen) atoms. The second kappa shape index (κ2) is 10.2. The summed E-state index contributed by atoms with van der Waals surface area (Å²) < 4.78 is 28.4. The van der Waals surface area contributed by atoms with Gasteiger partial charge in [0.25, 0.3) is 0 Å². The van der Waals surface area contributed by atoms with Crippen LogP contribution in [0.4, 0.5) is 0 Å². The van der Waals surface area contributed by atoms with Crippen LogP contribution in [0.3, 0.4) is 0 Å². The number of hydrogen-bond donors (Lipinski definition) is 2. The molecule has 1 spiro atoms. The van der Waals surface area contributed by atoms with Crippen LogP contribution < -0.4 is 9.47 Å². The van der Waals surface area contributed by atoms with Gasteiger partial charge in [-0.2, -0.15) is 0 Å². The maximum atomic E-state index is 13.9. The van der Waals surface area contributed by atoms with Gasteiger partial charge < -0.3 is 33.9 Å². The molecule has 4 unspecified atom stereocenters. The second-order valence-electron chi connectivity index (χ2n) is 12.3. The molecule has 1 saturated heterocycles. The molecule has 4 aliphatic rings. The minimum absolute atomic E-state index is 0.0765. The van der Waals surface area contributed by atoms with Crippen molar-refractivity contribution >= 4 is 11.9 Å². The Balaban J connectivity index is 1.55. The Hall–Kier alpha value is -2.82. The van der Waals surface area contributed by atoms with Gasteiger partial charge >= 0.3 is 11.9 Å². The number of aliphatic hydroxyl groups is 2. The Bertz CT molecular complexity index is 1210. The molecule has 2 N–H and O–H groups in total. The molecule has 0 aromatic heterocycles. The minimum atomic E-state index is -2.14. The van der Waals surface area contributed by atoms with Crippen molar-refractivity contribution in [1.29, 1.82) is 0 Å². The number of methoxy groups -OCH3 is 2. The lowest BCUT2D eigenvalue weighted by molar-refractivity contribution is -0.181. The molecule has 10 nitrogen and oxygen atoms in total. The van der Waals surface area contributed by atoms with Crippen LogP contribution in [-0.4, -0.2) is 84.0 Å². The third-order valence-corrected chi connectivity index (χ3v) is 9.31. The molecule has 0 radical (unpaired) electrons. The van der Waals surface area contributed by atoms with Crippen LogP contribution in [0.5, 0.6) is 11.5 Å². The maximum Gasteiger partial charge on any atom is 0.339 e. The molecular formula is C30H41NO9. The van der Waals surface area contributed by atoms with Gasteiger partial charge in [-0.05, 0) is 95.2 Å². The van der Waals surface area contributed by atoms with E-state index in [0.717, 1.165) is 43.5 Å². The number of hydrogen-bond acceptors (Lipinski definition) is 10. The molecule has 0 amide bonds. The summed E-state index contributed by atoms with van der Waals surface area (Å²) in [6.45, 7) is 7.26. The Morgan fingerprint density at radius 3 is 2.52 bits per heavy atom. The average Bonchev–Trinajstić information content (AvgIpc) is 3.57. The van der Waals surface area contributed by atoms with E-state index in [1.165, 1.54) is 7.11 Å². The van der Waals surface area contributed by atoms with Gasteiger partial charge in [-0.25, -0.2) is 4.79 Å². The highest BCUT2D eigenvalue weighted by atomic mass is 16.7. The molecule has 1 aromatic carbocycles.